The van der Waals surface area contributed by atoms with Gasteiger partial charge in [0.15, 0.2) is 0 Å². The van der Waals surface area contributed by atoms with Crippen molar-refractivity contribution in [3.8, 4) is 11.1 Å². The summed E-state index contributed by atoms with van der Waals surface area (Å²) in [5.74, 6) is -0.0475. The Kier molecular flexibility index (Phi) is 4.78. The van der Waals surface area contributed by atoms with Crippen LogP contribution in [0, 0.1) is 26.6 Å². The number of nitrogens with zero attached hydrogens (tertiary/aromatic N) is 1. The van der Waals surface area contributed by atoms with Gasteiger partial charge in [0, 0.05) is 11.3 Å². The van der Waals surface area contributed by atoms with Crippen LogP contribution >= 0.6 is 0 Å². The molecule has 0 aliphatic rings. The van der Waals surface area contributed by atoms with Crippen molar-refractivity contribution in [3.63, 3.8) is 0 Å². The van der Waals surface area contributed by atoms with Gasteiger partial charge >= 0.3 is 0 Å². The van der Waals surface area contributed by atoms with Crippen molar-refractivity contribution >= 4 is 15.8 Å². The van der Waals surface area contributed by atoms with Gasteiger partial charge in [0.1, 0.15) is 11.6 Å². The minimum Gasteiger partial charge on any atom is -0.263 e. The van der Waals surface area contributed by atoms with Crippen LogP contribution in [0.25, 0.3) is 11.1 Å². The smallest absolute Gasteiger partial charge is 0.263 e. The summed E-state index contributed by atoms with van der Waals surface area (Å²) in [5, 5.41) is 0. The Morgan fingerprint density at radius 3 is 2.23 bits per heavy atom. The Morgan fingerprint density at radius 1 is 0.885 bits per heavy atom. The Morgan fingerprint density at radius 2 is 1.58 bits per heavy atom. The van der Waals surface area contributed by atoms with Crippen LogP contribution in [0.15, 0.2) is 59.5 Å². The van der Waals surface area contributed by atoms with Crippen molar-refractivity contribution in [2.24, 2.45) is 0 Å². The number of hydrogen-bond acceptors (Lipinski definition) is 3. The van der Waals surface area contributed by atoms with Crippen LogP contribution in [-0.2, 0) is 10.0 Å². The second-order valence-corrected chi connectivity index (χ2v) is 7.81. The number of benzene rings is 2. The van der Waals surface area contributed by atoms with E-state index in [4.69, 9.17) is 0 Å². The van der Waals surface area contributed by atoms with E-state index in [2.05, 4.69) is 9.71 Å². The highest BCUT2D eigenvalue weighted by molar-refractivity contribution is 7.92. The van der Waals surface area contributed by atoms with Gasteiger partial charge in [-0.3, -0.25) is 4.72 Å². The fourth-order valence-corrected chi connectivity index (χ4v) is 4.13. The summed E-state index contributed by atoms with van der Waals surface area (Å²) in [5.41, 5.74) is 3.81. The van der Waals surface area contributed by atoms with Gasteiger partial charge in [-0.15, -0.1) is 0 Å². The van der Waals surface area contributed by atoms with E-state index in [1.165, 1.54) is 12.1 Å². The third-order valence-electron chi connectivity index (χ3n) is 4.19. The highest BCUT2D eigenvalue weighted by Gasteiger charge is 2.17. The molecule has 0 saturated heterocycles. The zero-order valence-corrected chi connectivity index (χ0v) is 15.6. The van der Waals surface area contributed by atoms with Crippen molar-refractivity contribution in [1.82, 2.24) is 4.98 Å². The van der Waals surface area contributed by atoms with Gasteiger partial charge < -0.3 is 0 Å². The molecule has 1 N–H and O–H groups in total. The molecule has 0 aliphatic carbocycles. The molecule has 3 aromatic rings. The van der Waals surface area contributed by atoms with Crippen LogP contribution < -0.4 is 4.72 Å². The molecule has 0 aliphatic heterocycles. The van der Waals surface area contributed by atoms with Crippen molar-refractivity contribution in [1.29, 1.82) is 0 Å². The number of aromatic nitrogens is 1. The fourth-order valence-electron chi connectivity index (χ4n) is 2.88. The van der Waals surface area contributed by atoms with Crippen LogP contribution in [0.2, 0.25) is 0 Å². The SMILES string of the molecule is Cc1cc(F)ccc1-c1ccc(NS(=O)(=O)c2ccccc2C)nc1C. The predicted octanol–water partition coefficient (Wildman–Crippen LogP) is 4.61. The number of rotatable bonds is 4. The highest BCUT2D eigenvalue weighted by atomic mass is 32.2. The van der Waals surface area contributed by atoms with E-state index in [1.54, 1.807) is 56.3 Å². The molecule has 0 amide bonds. The van der Waals surface area contributed by atoms with Crippen molar-refractivity contribution in [3.05, 3.63) is 77.2 Å². The molecule has 3 rings (SSSR count). The first-order valence-electron chi connectivity index (χ1n) is 8.10. The van der Waals surface area contributed by atoms with Gasteiger partial charge in [-0.2, -0.15) is 0 Å². The first-order valence-corrected chi connectivity index (χ1v) is 9.59. The second-order valence-electron chi connectivity index (χ2n) is 6.16. The van der Waals surface area contributed by atoms with E-state index in [9.17, 15) is 12.8 Å². The first-order chi connectivity index (χ1) is 12.3. The number of hydrogen-bond donors (Lipinski definition) is 1. The van der Waals surface area contributed by atoms with E-state index in [-0.39, 0.29) is 16.5 Å². The summed E-state index contributed by atoms with van der Waals surface area (Å²) < 4.78 is 41.0. The third kappa shape index (κ3) is 3.60. The molecular weight excluding hydrogens is 351 g/mol. The number of pyridine rings is 1. The van der Waals surface area contributed by atoms with Gasteiger partial charge in [0.25, 0.3) is 10.0 Å². The average molecular weight is 370 g/mol. The maximum Gasteiger partial charge on any atom is 0.263 e. The zero-order chi connectivity index (χ0) is 18.9. The molecule has 26 heavy (non-hydrogen) atoms. The summed E-state index contributed by atoms with van der Waals surface area (Å²) in [6, 6.07) is 14.7. The topological polar surface area (TPSA) is 59.1 Å². The molecule has 4 nitrogen and oxygen atoms in total. The Bertz CT molecular complexity index is 1080. The Balaban J connectivity index is 1.94. The van der Waals surface area contributed by atoms with Crippen LogP contribution in [0.5, 0.6) is 0 Å². The lowest BCUT2D eigenvalue weighted by Gasteiger charge is -2.13. The van der Waals surface area contributed by atoms with Gasteiger partial charge in [-0.1, -0.05) is 24.3 Å². The quantitative estimate of drug-likeness (QED) is 0.729. The molecule has 1 aromatic heterocycles. The van der Waals surface area contributed by atoms with Crippen molar-refractivity contribution < 1.29 is 12.8 Å². The molecule has 0 unspecified atom stereocenters. The molecule has 0 spiro atoms. The maximum absolute atomic E-state index is 13.3. The van der Waals surface area contributed by atoms with E-state index < -0.39 is 10.0 Å². The fraction of sp³-hybridized carbons (Fsp3) is 0.150. The minimum absolute atomic E-state index is 0.220. The van der Waals surface area contributed by atoms with E-state index in [0.717, 1.165) is 16.7 Å². The van der Waals surface area contributed by atoms with Crippen LogP contribution in [0.1, 0.15) is 16.8 Å². The number of anilines is 1. The van der Waals surface area contributed by atoms with Crippen LogP contribution in [0.3, 0.4) is 0 Å². The summed E-state index contributed by atoms with van der Waals surface area (Å²) in [7, 11) is -3.71. The Hall–Kier alpha value is -2.73. The molecule has 0 fully saturated rings. The van der Waals surface area contributed by atoms with Gasteiger partial charge in [-0.05, 0) is 67.8 Å². The Labute approximate surface area is 152 Å². The largest absolute Gasteiger partial charge is 0.263 e. The van der Waals surface area contributed by atoms with Gasteiger partial charge in [-0.25, -0.2) is 17.8 Å². The third-order valence-corrected chi connectivity index (χ3v) is 5.70. The van der Waals surface area contributed by atoms with Gasteiger partial charge in [0.2, 0.25) is 0 Å². The zero-order valence-electron chi connectivity index (χ0n) is 14.7. The summed E-state index contributed by atoms with van der Waals surface area (Å²) in [6.45, 7) is 5.37. The lowest BCUT2D eigenvalue weighted by Crippen LogP contribution is -2.15. The number of nitrogens with one attached hydrogen (secondary N) is 1. The lowest BCUT2D eigenvalue weighted by molar-refractivity contribution is 0.600. The van der Waals surface area contributed by atoms with Crippen LogP contribution in [0.4, 0.5) is 10.2 Å². The molecular formula is C20H19FN2O2S. The van der Waals surface area contributed by atoms with Gasteiger partial charge in [0.05, 0.1) is 4.90 Å². The van der Waals surface area contributed by atoms with Crippen molar-refractivity contribution in [2.75, 3.05) is 4.72 Å². The molecule has 1 heterocycles. The standard InChI is InChI=1S/C20H19FN2O2S/c1-13-6-4-5-7-19(13)26(24,25)23-20-11-10-18(15(3)22-20)17-9-8-16(21)12-14(17)2/h4-12H,1-3H3,(H,22,23). The monoisotopic (exact) mass is 370 g/mol. The molecule has 0 bridgehead atoms. The van der Waals surface area contributed by atoms with Crippen molar-refractivity contribution in [2.45, 2.75) is 25.7 Å². The molecule has 0 radical (unpaired) electrons. The molecule has 2 aromatic carbocycles. The molecule has 0 saturated carbocycles. The highest BCUT2D eigenvalue weighted by Crippen LogP contribution is 2.28. The minimum atomic E-state index is -3.71. The molecule has 6 heteroatoms. The summed E-state index contributed by atoms with van der Waals surface area (Å²) in [4.78, 5) is 4.59. The second kappa shape index (κ2) is 6.88. The molecule has 134 valence electrons. The normalized spacial score (nSPS) is 11.4. The lowest BCUT2D eigenvalue weighted by atomic mass is 9.99. The first kappa shape index (κ1) is 18.1. The van der Waals surface area contributed by atoms with E-state index >= 15 is 0 Å². The van der Waals surface area contributed by atoms with Crippen LogP contribution in [-0.4, -0.2) is 13.4 Å². The summed E-state index contributed by atoms with van der Waals surface area (Å²) in [6.07, 6.45) is 0. The average Bonchev–Trinajstić information content (AvgIpc) is 2.56. The van der Waals surface area contributed by atoms with E-state index in [1.807, 2.05) is 6.92 Å². The van der Waals surface area contributed by atoms with E-state index in [0.29, 0.717) is 11.3 Å². The number of halogens is 1. The molecule has 0 atom stereocenters. The number of aryl methyl sites for hydroxylation is 3. The maximum atomic E-state index is 13.3. The summed E-state index contributed by atoms with van der Waals surface area (Å²) >= 11 is 0. The predicted molar refractivity (Wildman–Crippen MR) is 101 cm³/mol. The number of sulfonamides is 1.